The molecule has 82 valence electrons. The van der Waals surface area contributed by atoms with Gasteiger partial charge < -0.3 is 0 Å². The quantitative estimate of drug-likeness (QED) is 0.789. The second kappa shape index (κ2) is 4.35. The van der Waals surface area contributed by atoms with Crippen LogP contribution in [-0.4, -0.2) is 13.2 Å². The van der Waals surface area contributed by atoms with Crippen LogP contribution in [0.1, 0.15) is 6.92 Å². The Kier molecular flexibility index (Phi) is 3.10. The molecule has 1 aromatic carbocycles. The van der Waals surface area contributed by atoms with Crippen LogP contribution in [-0.2, 0) is 13.6 Å². The van der Waals surface area contributed by atoms with E-state index in [4.69, 9.17) is 9.05 Å². The van der Waals surface area contributed by atoms with E-state index in [1.165, 1.54) is 0 Å². The molecule has 1 aliphatic heterocycles. The Balaban J connectivity index is 2.03. The molecule has 2 rings (SSSR count). The SMILES string of the molecule is CC1COP(=O)(Nc2ccccc2)OC1. The highest BCUT2D eigenvalue weighted by Gasteiger charge is 2.30. The zero-order chi connectivity index (χ0) is 10.7. The summed E-state index contributed by atoms with van der Waals surface area (Å²) in [7, 11) is -3.12. The van der Waals surface area contributed by atoms with Gasteiger partial charge in [-0.25, -0.2) is 4.57 Å². The predicted molar refractivity (Wildman–Crippen MR) is 58.7 cm³/mol. The highest BCUT2D eigenvalue weighted by molar-refractivity contribution is 7.55. The molecule has 0 saturated carbocycles. The van der Waals surface area contributed by atoms with Crippen LogP contribution in [0.3, 0.4) is 0 Å². The van der Waals surface area contributed by atoms with Crippen LogP contribution in [0.5, 0.6) is 0 Å². The third kappa shape index (κ3) is 2.81. The lowest BCUT2D eigenvalue weighted by Crippen LogP contribution is -2.21. The first-order chi connectivity index (χ1) is 7.18. The molecule has 4 nitrogen and oxygen atoms in total. The van der Waals surface area contributed by atoms with Crippen LogP contribution in [0, 0.1) is 5.92 Å². The molecule has 1 aliphatic rings. The number of hydrogen-bond donors (Lipinski definition) is 1. The van der Waals surface area contributed by atoms with E-state index in [9.17, 15) is 4.57 Å². The molecule has 5 heteroatoms. The summed E-state index contributed by atoms with van der Waals surface area (Å²) in [4.78, 5) is 0. The van der Waals surface area contributed by atoms with E-state index in [2.05, 4.69) is 5.09 Å². The fourth-order valence-corrected chi connectivity index (χ4v) is 2.84. The molecule has 0 radical (unpaired) electrons. The second-order valence-corrected chi connectivity index (χ2v) is 5.41. The van der Waals surface area contributed by atoms with Crippen molar-refractivity contribution in [1.82, 2.24) is 0 Å². The van der Waals surface area contributed by atoms with E-state index in [1.807, 2.05) is 37.3 Å². The summed E-state index contributed by atoms with van der Waals surface area (Å²) in [6.07, 6.45) is 0. The number of benzene rings is 1. The van der Waals surface area contributed by atoms with E-state index in [0.717, 1.165) is 5.69 Å². The molecule has 0 aromatic heterocycles. The summed E-state index contributed by atoms with van der Waals surface area (Å²) < 4.78 is 22.4. The fourth-order valence-electron chi connectivity index (χ4n) is 1.27. The van der Waals surface area contributed by atoms with E-state index in [1.54, 1.807) is 0 Å². The maximum Gasteiger partial charge on any atom is 0.432 e. The molecule has 1 fully saturated rings. The Morgan fingerprint density at radius 3 is 2.47 bits per heavy atom. The molecule has 0 aliphatic carbocycles. The van der Waals surface area contributed by atoms with Gasteiger partial charge >= 0.3 is 7.75 Å². The zero-order valence-corrected chi connectivity index (χ0v) is 9.44. The van der Waals surface area contributed by atoms with Gasteiger partial charge in [0.25, 0.3) is 0 Å². The summed E-state index contributed by atoms with van der Waals surface area (Å²) in [5.41, 5.74) is 0.746. The number of hydrogen-bond acceptors (Lipinski definition) is 3. The Morgan fingerprint density at radius 1 is 1.27 bits per heavy atom. The lowest BCUT2D eigenvalue weighted by Gasteiger charge is -2.27. The molecule has 1 aromatic rings. The van der Waals surface area contributed by atoms with Crippen LogP contribution in [0.4, 0.5) is 5.69 Å². The predicted octanol–water partition coefficient (Wildman–Crippen LogP) is 2.89. The van der Waals surface area contributed by atoms with Crippen molar-refractivity contribution in [1.29, 1.82) is 0 Å². The van der Waals surface area contributed by atoms with Gasteiger partial charge in [-0.2, -0.15) is 0 Å². The molecular formula is C10H14NO3P. The number of nitrogens with one attached hydrogen (secondary N) is 1. The van der Waals surface area contributed by atoms with Crippen LogP contribution in [0.25, 0.3) is 0 Å². The minimum atomic E-state index is -3.12. The molecule has 1 N–H and O–H groups in total. The summed E-state index contributed by atoms with van der Waals surface area (Å²) in [5, 5.41) is 2.79. The maximum atomic E-state index is 12.0. The van der Waals surface area contributed by atoms with Gasteiger partial charge in [-0.1, -0.05) is 25.1 Å². The topological polar surface area (TPSA) is 47.6 Å². The highest BCUT2D eigenvalue weighted by Crippen LogP contribution is 2.50. The summed E-state index contributed by atoms with van der Waals surface area (Å²) in [6.45, 7) is 2.93. The van der Waals surface area contributed by atoms with Gasteiger partial charge in [0, 0.05) is 11.6 Å². The molecule has 1 heterocycles. The van der Waals surface area contributed by atoms with Crippen LogP contribution >= 0.6 is 7.75 Å². The Bertz CT molecular complexity index is 356. The molecule has 0 unspecified atom stereocenters. The van der Waals surface area contributed by atoms with Crippen molar-refractivity contribution < 1.29 is 13.6 Å². The Morgan fingerprint density at radius 2 is 1.87 bits per heavy atom. The monoisotopic (exact) mass is 227 g/mol. The number of rotatable bonds is 2. The minimum absolute atomic E-state index is 0.296. The van der Waals surface area contributed by atoms with E-state index in [0.29, 0.717) is 19.1 Å². The smallest absolute Gasteiger partial charge is 0.293 e. The van der Waals surface area contributed by atoms with Crippen molar-refractivity contribution in [3.8, 4) is 0 Å². The van der Waals surface area contributed by atoms with Crippen molar-refractivity contribution in [3.05, 3.63) is 30.3 Å². The van der Waals surface area contributed by atoms with Gasteiger partial charge in [0.15, 0.2) is 0 Å². The minimum Gasteiger partial charge on any atom is -0.293 e. The van der Waals surface area contributed by atoms with E-state index < -0.39 is 7.75 Å². The highest BCUT2D eigenvalue weighted by atomic mass is 31.2. The largest absolute Gasteiger partial charge is 0.432 e. The van der Waals surface area contributed by atoms with Crippen molar-refractivity contribution in [2.45, 2.75) is 6.92 Å². The van der Waals surface area contributed by atoms with Crippen LogP contribution in [0.2, 0.25) is 0 Å². The van der Waals surface area contributed by atoms with E-state index in [-0.39, 0.29) is 0 Å². The number of para-hydroxylation sites is 1. The standard InChI is InChI=1S/C10H14NO3P/c1-9-7-13-15(12,14-8-9)11-10-5-3-2-4-6-10/h2-6,9H,7-8H2,1H3,(H,11,12). The summed E-state index contributed by atoms with van der Waals surface area (Å²) >= 11 is 0. The Hall–Kier alpha value is -0.830. The molecule has 0 spiro atoms. The number of anilines is 1. The lowest BCUT2D eigenvalue weighted by atomic mass is 10.2. The first kappa shape index (κ1) is 10.7. The first-order valence-corrected chi connectivity index (χ1v) is 6.45. The third-order valence-corrected chi connectivity index (χ3v) is 3.61. The first-order valence-electron chi connectivity index (χ1n) is 4.90. The molecule has 0 amide bonds. The van der Waals surface area contributed by atoms with Crippen molar-refractivity contribution in [3.63, 3.8) is 0 Å². The Labute approximate surface area is 89.2 Å². The van der Waals surface area contributed by atoms with Gasteiger partial charge in [0.1, 0.15) is 0 Å². The van der Waals surface area contributed by atoms with Gasteiger partial charge in [-0.15, -0.1) is 0 Å². The van der Waals surface area contributed by atoms with Crippen LogP contribution < -0.4 is 5.09 Å². The average molecular weight is 227 g/mol. The van der Waals surface area contributed by atoms with Gasteiger partial charge in [-0.3, -0.25) is 14.1 Å². The van der Waals surface area contributed by atoms with Crippen molar-refractivity contribution >= 4 is 13.4 Å². The maximum absolute atomic E-state index is 12.0. The average Bonchev–Trinajstić information content (AvgIpc) is 2.24. The molecule has 0 atom stereocenters. The summed E-state index contributed by atoms with van der Waals surface area (Å²) in [5.74, 6) is 0.296. The normalized spacial score (nSPS) is 31.1. The van der Waals surface area contributed by atoms with Crippen molar-refractivity contribution in [2.24, 2.45) is 5.92 Å². The summed E-state index contributed by atoms with van der Waals surface area (Å²) in [6, 6.07) is 9.27. The van der Waals surface area contributed by atoms with E-state index >= 15 is 0 Å². The zero-order valence-electron chi connectivity index (χ0n) is 8.55. The lowest BCUT2D eigenvalue weighted by molar-refractivity contribution is 0.104. The third-order valence-electron chi connectivity index (χ3n) is 2.10. The van der Waals surface area contributed by atoms with Gasteiger partial charge in [0.05, 0.1) is 13.2 Å². The second-order valence-electron chi connectivity index (χ2n) is 3.67. The molecule has 0 bridgehead atoms. The molecular weight excluding hydrogens is 213 g/mol. The van der Waals surface area contributed by atoms with Crippen molar-refractivity contribution in [2.75, 3.05) is 18.3 Å². The molecule has 1 saturated heterocycles. The van der Waals surface area contributed by atoms with Crippen LogP contribution in [0.15, 0.2) is 30.3 Å². The van der Waals surface area contributed by atoms with Gasteiger partial charge in [0.2, 0.25) is 0 Å². The fraction of sp³-hybridized carbons (Fsp3) is 0.400. The molecule has 15 heavy (non-hydrogen) atoms. The van der Waals surface area contributed by atoms with Gasteiger partial charge in [-0.05, 0) is 12.1 Å².